The van der Waals surface area contributed by atoms with Crippen LogP contribution >= 0.6 is 15.9 Å². The molecule has 1 aromatic carbocycles. The van der Waals surface area contributed by atoms with Crippen LogP contribution in [0.3, 0.4) is 0 Å². The van der Waals surface area contributed by atoms with Gasteiger partial charge in [0.2, 0.25) is 5.91 Å². The molecular formula is C12H13BrN2O. The summed E-state index contributed by atoms with van der Waals surface area (Å²) in [5.41, 5.74) is 1.92. The van der Waals surface area contributed by atoms with Crippen molar-refractivity contribution in [2.45, 2.75) is 11.8 Å². The highest BCUT2D eigenvalue weighted by Gasteiger charge is 2.51. The molecule has 1 spiro atoms. The quantitative estimate of drug-likeness (QED) is 0.784. The van der Waals surface area contributed by atoms with Crippen LogP contribution in [-0.4, -0.2) is 26.0 Å². The van der Waals surface area contributed by atoms with Gasteiger partial charge < -0.3 is 10.2 Å². The summed E-state index contributed by atoms with van der Waals surface area (Å²) in [6.07, 6.45) is 0.908. The van der Waals surface area contributed by atoms with Crippen LogP contribution in [0.15, 0.2) is 22.7 Å². The maximum atomic E-state index is 12.4. The molecule has 1 N–H and O–H groups in total. The van der Waals surface area contributed by atoms with Gasteiger partial charge in [0.15, 0.2) is 0 Å². The molecule has 0 saturated carbocycles. The van der Waals surface area contributed by atoms with Gasteiger partial charge >= 0.3 is 0 Å². The van der Waals surface area contributed by atoms with E-state index in [0.717, 1.165) is 29.7 Å². The number of carbonyl (C=O) groups excluding carboxylic acids is 1. The van der Waals surface area contributed by atoms with E-state index in [1.165, 1.54) is 5.56 Å². The van der Waals surface area contributed by atoms with Gasteiger partial charge in [-0.2, -0.15) is 0 Å². The number of hydrogen-bond acceptors (Lipinski definition) is 2. The Morgan fingerprint density at radius 3 is 3.00 bits per heavy atom. The zero-order valence-corrected chi connectivity index (χ0v) is 10.7. The van der Waals surface area contributed by atoms with Crippen LogP contribution in [0.2, 0.25) is 0 Å². The number of likely N-dealkylation sites (N-methyl/N-ethyl adjacent to an activating group) is 1. The summed E-state index contributed by atoms with van der Waals surface area (Å²) in [7, 11) is 1.86. The van der Waals surface area contributed by atoms with Crippen LogP contribution < -0.4 is 10.2 Å². The van der Waals surface area contributed by atoms with Crippen LogP contribution in [0.5, 0.6) is 0 Å². The number of anilines is 1. The highest BCUT2D eigenvalue weighted by molar-refractivity contribution is 9.10. The minimum Gasteiger partial charge on any atom is -0.315 e. The summed E-state index contributed by atoms with van der Waals surface area (Å²) in [5.74, 6) is 0.227. The summed E-state index contributed by atoms with van der Waals surface area (Å²) >= 11 is 3.46. The van der Waals surface area contributed by atoms with Crippen LogP contribution in [-0.2, 0) is 10.2 Å². The smallest absolute Gasteiger partial charge is 0.238 e. The average Bonchev–Trinajstić information content (AvgIpc) is 2.83. The standard InChI is InChI=1S/C12H13BrN2O/c1-15-10-6-8(13)2-3-9(10)12(11(15)16)4-5-14-7-12/h2-3,6,14H,4-5,7H2,1H3/t12-/m0/s1. The zero-order chi connectivity index (χ0) is 11.3. The zero-order valence-electron chi connectivity index (χ0n) is 9.09. The minimum atomic E-state index is -0.301. The van der Waals surface area contributed by atoms with Gasteiger partial charge in [0.25, 0.3) is 0 Å². The molecule has 0 aliphatic carbocycles. The van der Waals surface area contributed by atoms with E-state index in [-0.39, 0.29) is 11.3 Å². The number of hydrogen-bond donors (Lipinski definition) is 1. The Hall–Kier alpha value is -0.870. The van der Waals surface area contributed by atoms with Crippen molar-refractivity contribution in [2.75, 3.05) is 25.0 Å². The van der Waals surface area contributed by atoms with Crippen LogP contribution in [0.25, 0.3) is 0 Å². The molecule has 2 aliphatic rings. The number of amides is 1. The van der Waals surface area contributed by atoms with E-state index in [2.05, 4.69) is 27.3 Å². The van der Waals surface area contributed by atoms with E-state index in [9.17, 15) is 4.79 Å². The first-order valence-corrected chi connectivity index (χ1v) is 6.23. The van der Waals surface area contributed by atoms with Crippen LogP contribution in [0.1, 0.15) is 12.0 Å². The molecule has 1 atom stereocenters. The third-order valence-corrected chi connectivity index (χ3v) is 4.20. The van der Waals surface area contributed by atoms with Gasteiger partial charge in [-0.1, -0.05) is 22.0 Å². The van der Waals surface area contributed by atoms with Gasteiger partial charge in [-0.15, -0.1) is 0 Å². The van der Waals surface area contributed by atoms with E-state index >= 15 is 0 Å². The number of rotatable bonds is 0. The summed E-state index contributed by atoms with van der Waals surface area (Å²) in [6.45, 7) is 1.69. The van der Waals surface area contributed by atoms with Gasteiger partial charge in [0, 0.05) is 23.8 Å². The SMILES string of the molecule is CN1C(=O)[C@]2(CCNC2)c2ccc(Br)cc21. The number of nitrogens with zero attached hydrogens (tertiary/aromatic N) is 1. The van der Waals surface area contributed by atoms with Crippen molar-refractivity contribution in [2.24, 2.45) is 0 Å². The summed E-state index contributed by atoms with van der Waals surface area (Å²) in [6, 6.07) is 6.12. The van der Waals surface area contributed by atoms with Crippen molar-refractivity contribution in [3.8, 4) is 0 Å². The summed E-state index contributed by atoms with van der Waals surface area (Å²) in [4.78, 5) is 14.2. The third kappa shape index (κ3) is 1.14. The molecule has 2 aliphatic heterocycles. The third-order valence-electron chi connectivity index (χ3n) is 3.71. The Balaban J connectivity index is 2.22. The van der Waals surface area contributed by atoms with Crippen molar-refractivity contribution in [1.82, 2.24) is 5.32 Å². The Kier molecular flexibility index (Phi) is 2.13. The van der Waals surface area contributed by atoms with Gasteiger partial charge in [0.1, 0.15) is 0 Å². The van der Waals surface area contributed by atoms with E-state index in [1.54, 1.807) is 4.90 Å². The second kappa shape index (κ2) is 3.31. The van der Waals surface area contributed by atoms with Gasteiger partial charge in [-0.05, 0) is 30.7 Å². The number of nitrogens with one attached hydrogen (secondary N) is 1. The molecule has 0 bridgehead atoms. The monoisotopic (exact) mass is 280 g/mol. The van der Waals surface area contributed by atoms with Crippen molar-refractivity contribution in [3.05, 3.63) is 28.2 Å². The molecular weight excluding hydrogens is 268 g/mol. The highest BCUT2D eigenvalue weighted by atomic mass is 79.9. The van der Waals surface area contributed by atoms with E-state index in [1.807, 2.05) is 19.2 Å². The molecule has 0 radical (unpaired) electrons. The number of halogens is 1. The summed E-state index contributed by atoms with van der Waals surface area (Å²) < 4.78 is 1.02. The molecule has 1 amide bonds. The van der Waals surface area contributed by atoms with Crippen molar-refractivity contribution in [3.63, 3.8) is 0 Å². The molecule has 2 heterocycles. The summed E-state index contributed by atoms with van der Waals surface area (Å²) in [5, 5.41) is 3.30. The first-order chi connectivity index (χ1) is 7.65. The maximum absolute atomic E-state index is 12.4. The van der Waals surface area contributed by atoms with Crippen molar-refractivity contribution < 1.29 is 4.79 Å². The molecule has 0 aromatic heterocycles. The molecule has 0 unspecified atom stereocenters. The molecule has 1 aromatic rings. The first-order valence-electron chi connectivity index (χ1n) is 5.44. The lowest BCUT2D eigenvalue weighted by molar-refractivity contribution is -0.122. The fourth-order valence-electron chi connectivity index (χ4n) is 2.84. The average molecular weight is 281 g/mol. The molecule has 84 valence electrons. The number of benzene rings is 1. The Labute approximate surface area is 103 Å². The van der Waals surface area contributed by atoms with Gasteiger partial charge in [-0.3, -0.25) is 4.79 Å². The fourth-order valence-corrected chi connectivity index (χ4v) is 3.19. The second-order valence-electron chi connectivity index (χ2n) is 4.53. The van der Waals surface area contributed by atoms with Gasteiger partial charge in [-0.25, -0.2) is 0 Å². The second-order valence-corrected chi connectivity index (χ2v) is 5.45. The van der Waals surface area contributed by atoms with E-state index in [4.69, 9.17) is 0 Å². The van der Waals surface area contributed by atoms with E-state index in [0.29, 0.717) is 0 Å². The Bertz CT molecular complexity index is 466. The molecule has 3 rings (SSSR count). The highest BCUT2D eigenvalue weighted by Crippen LogP contribution is 2.45. The molecule has 3 nitrogen and oxygen atoms in total. The Morgan fingerprint density at radius 1 is 1.50 bits per heavy atom. The number of carbonyl (C=O) groups is 1. The predicted octanol–water partition coefficient (Wildman–Crippen LogP) is 1.66. The fraction of sp³-hybridized carbons (Fsp3) is 0.417. The van der Waals surface area contributed by atoms with Crippen molar-refractivity contribution >= 4 is 27.5 Å². The van der Waals surface area contributed by atoms with Crippen LogP contribution in [0.4, 0.5) is 5.69 Å². The maximum Gasteiger partial charge on any atom is 0.238 e. The van der Waals surface area contributed by atoms with Gasteiger partial charge in [0.05, 0.1) is 5.41 Å². The first kappa shape index (κ1) is 10.3. The normalized spacial score (nSPS) is 27.9. The lowest BCUT2D eigenvalue weighted by Gasteiger charge is -2.20. The molecule has 1 saturated heterocycles. The lowest BCUT2D eigenvalue weighted by Crippen LogP contribution is -2.40. The molecule has 16 heavy (non-hydrogen) atoms. The molecule has 4 heteroatoms. The minimum absolute atomic E-state index is 0.227. The predicted molar refractivity (Wildman–Crippen MR) is 66.7 cm³/mol. The van der Waals surface area contributed by atoms with Crippen molar-refractivity contribution in [1.29, 1.82) is 0 Å². The largest absolute Gasteiger partial charge is 0.315 e. The van der Waals surface area contributed by atoms with E-state index < -0.39 is 0 Å². The lowest BCUT2D eigenvalue weighted by atomic mass is 9.81. The topological polar surface area (TPSA) is 32.3 Å². The molecule has 1 fully saturated rings. The van der Waals surface area contributed by atoms with Crippen LogP contribution in [0, 0.1) is 0 Å². The number of fused-ring (bicyclic) bond motifs is 2. The Morgan fingerprint density at radius 2 is 2.31 bits per heavy atom.